The lowest BCUT2D eigenvalue weighted by Gasteiger charge is -2.18. The van der Waals surface area contributed by atoms with Crippen molar-refractivity contribution < 1.29 is 4.79 Å². The smallest absolute Gasteiger partial charge is 0.251 e. The van der Waals surface area contributed by atoms with Gasteiger partial charge in [0.25, 0.3) is 5.91 Å². The summed E-state index contributed by atoms with van der Waals surface area (Å²) in [7, 11) is 6.10. The molecule has 5 heteroatoms. The largest absolute Gasteiger partial charge is 0.348 e. The lowest BCUT2D eigenvalue weighted by atomic mass is 10.0. The van der Waals surface area contributed by atoms with E-state index >= 15 is 0 Å². The van der Waals surface area contributed by atoms with Crippen LogP contribution in [0, 0.1) is 6.92 Å². The van der Waals surface area contributed by atoms with E-state index in [2.05, 4.69) is 45.9 Å². The highest BCUT2D eigenvalue weighted by atomic mass is 16.1. The van der Waals surface area contributed by atoms with Crippen molar-refractivity contribution in [3.63, 3.8) is 0 Å². The van der Waals surface area contributed by atoms with E-state index in [1.807, 2.05) is 51.6 Å². The molecule has 4 rings (SSSR count). The molecule has 2 aromatic heterocycles. The molecule has 0 fully saturated rings. The van der Waals surface area contributed by atoms with Crippen molar-refractivity contribution in [3.05, 3.63) is 53.9 Å². The number of nitrogens with zero attached hydrogens (tertiary/aromatic N) is 3. The molecule has 0 saturated carbocycles. The van der Waals surface area contributed by atoms with Crippen LogP contribution in [-0.4, -0.2) is 47.0 Å². The summed E-state index contributed by atoms with van der Waals surface area (Å²) in [5, 5.41) is 7.68. The fourth-order valence-electron chi connectivity index (χ4n) is 4.26. The third kappa shape index (κ3) is 3.02. The predicted molar refractivity (Wildman–Crippen MR) is 116 cm³/mol. The highest BCUT2D eigenvalue weighted by Gasteiger charge is 2.16. The molecule has 1 amide bonds. The Morgan fingerprint density at radius 3 is 2.71 bits per heavy atom. The summed E-state index contributed by atoms with van der Waals surface area (Å²) in [6.07, 6.45) is 3.74. The van der Waals surface area contributed by atoms with E-state index in [1.165, 1.54) is 16.5 Å². The Balaban J connectivity index is 1.85. The second kappa shape index (κ2) is 6.91. The SMILES string of the molecule is Cc1c2ccncc2cc2c3cc(C(=O)NC(C)CN(C)C)ccc3n(C)c12. The topological polar surface area (TPSA) is 50.2 Å². The predicted octanol–water partition coefficient (Wildman–Crippen LogP) is 3.87. The van der Waals surface area contributed by atoms with Crippen molar-refractivity contribution in [2.45, 2.75) is 19.9 Å². The Kier molecular flexibility index (Phi) is 4.55. The molecule has 1 atom stereocenters. The van der Waals surface area contributed by atoms with Crippen LogP contribution >= 0.6 is 0 Å². The molecule has 2 heterocycles. The van der Waals surface area contributed by atoms with Crippen molar-refractivity contribution in [3.8, 4) is 0 Å². The average molecular weight is 374 g/mol. The number of hydrogen-bond acceptors (Lipinski definition) is 3. The van der Waals surface area contributed by atoms with Crippen LogP contribution in [0.25, 0.3) is 32.6 Å². The summed E-state index contributed by atoms with van der Waals surface area (Å²) in [6, 6.07) is 10.3. The normalized spacial score (nSPS) is 12.9. The van der Waals surface area contributed by atoms with Gasteiger partial charge in [-0.25, -0.2) is 0 Å². The lowest BCUT2D eigenvalue weighted by Crippen LogP contribution is -2.39. The van der Waals surface area contributed by atoms with Gasteiger partial charge >= 0.3 is 0 Å². The standard InChI is InChI=1S/C23H26N4O/c1-14(13-26(3)4)25-23(28)16-6-7-21-19(10-16)20-11-17-12-24-9-8-18(17)15(2)22(20)27(21)5/h6-12,14H,13H2,1-5H3,(H,25,28). The van der Waals surface area contributed by atoms with Gasteiger partial charge in [-0.2, -0.15) is 0 Å². The maximum absolute atomic E-state index is 12.8. The van der Waals surface area contributed by atoms with Crippen molar-refractivity contribution >= 4 is 38.5 Å². The van der Waals surface area contributed by atoms with Crippen LogP contribution in [0.1, 0.15) is 22.8 Å². The number of nitrogens with one attached hydrogen (secondary N) is 1. The molecular formula is C23H26N4O. The van der Waals surface area contributed by atoms with E-state index in [9.17, 15) is 4.79 Å². The second-order valence-corrected chi connectivity index (χ2v) is 7.92. The number of likely N-dealkylation sites (N-methyl/N-ethyl adjacent to an activating group) is 1. The zero-order chi connectivity index (χ0) is 20.0. The quantitative estimate of drug-likeness (QED) is 0.590. The molecule has 0 aliphatic carbocycles. The Morgan fingerprint density at radius 2 is 1.96 bits per heavy atom. The van der Waals surface area contributed by atoms with Gasteiger partial charge in [-0.15, -0.1) is 0 Å². The summed E-state index contributed by atoms with van der Waals surface area (Å²) in [5.41, 5.74) is 4.25. The summed E-state index contributed by atoms with van der Waals surface area (Å²) >= 11 is 0. The molecule has 0 aliphatic heterocycles. The Morgan fingerprint density at radius 1 is 1.18 bits per heavy atom. The minimum absolute atomic E-state index is 0.0348. The zero-order valence-corrected chi connectivity index (χ0v) is 17.1. The Bertz CT molecular complexity index is 1210. The first kappa shape index (κ1) is 18.4. The highest BCUT2D eigenvalue weighted by Crippen LogP contribution is 2.35. The van der Waals surface area contributed by atoms with Gasteiger partial charge in [0.2, 0.25) is 0 Å². The molecule has 144 valence electrons. The molecule has 5 nitrogen and oxygen atoms in total. The number of hydrogen-bond donors (Lipinski definition) is 1. The molecule has 0 aliphatic rings. The van der Waals surface area contributed by atoms with E-state index in [4.69, 9.17) is 0 Å². The fraction of sp³-hybridized carbons (Fsp3) is 0.304. The maximum Gasteiger partial charge on any atom is 0.251 e. The number of aromatic nitrogens is 2. The minimum atomic E-state index is -0.0348. The molecule has 1 N–H and O–H groups in total. The Hall–Kier alpha value is -2.92. The summed E-state index contributed by atoms with van der Waals surface area (Å²) in [6.45, 7) is 4.98. The van der Waals surface area contributed by atoms with Crippen LogP contribution in [0.3, 0.4) is 0 Å². The molecule has 0 radical (unpaired) electrons. The molecule has 1 unspecified atom stereocenters. The maximum atomic E-state index is 12.8. The zero-order valence-electron chi connectivity index (χ0n) is 17.1. The average Bonchev–Trinajstić information content (AvgIpc) is 2.93. The lowest BCUT2D eigenvalue weighted by molar-refractivity contribution is 0.0934. The van der Waals surface area contributed by atoms with Crippen LogP contribution in [0.2, 0.25) is 0 Å². The van der Waals surface area contributed by atoms with Crippen molar-refractivity contribution in [1.82, 2.24) is 19.8 Å². The number of pyridine rings is 1. The van der Waals surface area contributed by atoms with E-state index < -0.39 is 0 Å². The van der Waals surface area contributed by atoms with Crippen LogP contribution in [0.15, 0.2) is 42.7 Å². The van der Waals surface area contributed by atoms with Gasteiger partial charge in [0.05, 0.1) is 5.52 Å². The van der Waals surface area contributed by atoms with Gasteiger partial charge < -0.3 is 14.8 Å². The molecule has 0 bridgehead atoms. The van der Waals surface area contributed by atoms with E-state index in [0.29, 0.717) is 5.56 Å². The van der Waals surface area contributed by atoms with Gasteiger partial charge in [-0.05, 0) is 69.2 Å². The molecule has 0 saturated heterocycles. The van der Waals surface area contributed by atoms with Gasteiger partial charge in [0, 0.05) is 59.3 Å². The highest BCUT2D eigenvalue weighted by molar-refractivity contribution is 6.15. The van der Waals surface area contributed by atoms with Crippen LogP contribution < -0.4 is 5.32 Å². The van der Waals surface area contributed by atoms with Gasteiger partial charge in [0.1, 0.15) is 0 Å². The first-order valence-electron chi connectivity index (χ1n) is 9.58. The molecular weight excluding hydrogens is 348 g/mol. The molecule has 28 heavy (non-hydrogen) atoms. The third-order valence-electron chi connectivity index (χ3n) is 5.43. The summed E-state index contributed by atoms with van der Waals surface area (Å²) in [5.74, 6) is -0.0348. The number of fused-ring (bicyclic) bond motifs is 4. The number of carbonyl (C=O) groups excluding carboxylic acids is 1. The van der Waals surface area contributed by atoms with E-state index in [-0.39, 0.29) is 11.9 Å². The van der Waals surface area contributed by atoms with Gasteiger partial charge in [-0.3, -0.25) is 9.78 Å². The molecule has 4 aromatic rings. The minimum Gasteiger partial charge on any atom is -0.348 e. The van der Waals surface area contributed by atoms with Crippen LogP contribution in [-0.2, 0) is 7.05 Å². The number of benzene rings is 2. The van der Waals surface area contributed by atoms with Gasteiger partial charge in [0.15, 0.2) is 0 Å². The van der Waals surface area contributed by atoms with Crippen molar-refractivity contribution in [2.24, 2.45) is 7.05 Å². The van der Waals surface area contributed by atoms with E-state index in [1.54, 1.807) is 0 Å². The fourth-order valence-corrected chi connectivity index (χ4v) is 4.26. The summed E-state index contributed by atoms with van der Waals surface area (Å²) < 4.78 is 2.22. The molecule has 0 spiro atoms. The first-order chi connectivity index (χ1) is 13.4. The summed E-state index contributed by atoms with van der Waals surface area (Å²) in [4.78, 5) is 19.1. The molecule has 2 aromatic carbocycles. The first-order valence-corrected chi connectivity index (χ1v) is 9.58. The number of amides is 1. The van der Waals surface area contributed by atoms with Crippen molar-refractivity contribution in [2.75, 3.05) is 20.6 Å². The van der Waals surface area contributed by atoms with Crippen LogP contribution in [0.4, 0.5) is 0 Å². The monoisotopic (exact) mass is 374 g/mol. The third-order valence-corrected chi connectivity index (χ3v) is 5.43. The Labute approximate surface area is 165 Å². The van der Waals surface area contributed by atoms with Crippen molar-refractivity contribution in [1.29, 1.82) is 0 Å². The number of carbonyl (C=O) groups is 1. The number of aryl methyl sites for hydroxylation is 2. The second-order valence-electron chi connectivity index (χ2n) is 7.92. The van der Waals surface area contributed by atoms with Crippen LogP contribution in [0.5, 0.6) is 0 Å². The number of rotatable bonds is 4. The van der Waals surface area contributed by atoms with E-state index in [0.717, 1.165) is 28.2 Å². The van der Waals surface area contributed by atoms with Gasteiger partial charge in [-0.1, -0.05) is 0 Å².